The van der Waals surface area contributed by atoms with Gasteiger partial charge in [0.05, 0.1) is 0 Å². The molecule has 0 spiro atoms. The number of hydrogen-bond donors (Lipinski definition) is 2. The standard InChI is InChI=1S/C15H22ClN3O/c1-11(12-3-5-13(16)6-4-12)19(2)10-15(7-8-15)9-14(17)18-20/h3-6,11,20H,7-10H2,1-2H3,(H2,17,18). The second kappa shape index (κ2) is 6.02. The summed E-state index contributed by atoms with van der Waals surface area (Å²) < 4.78 is 0. The molecule has 110 valence electrons. The molecule has 1 atom stereocenters. The molecule has 1 aliphatic carbocycles. The van der Waals surface area contributed by atoms with Gasteiger partial charge in [-0.1, -0.05) is 28.9 Å². The summed E-state index contributed by atoms with van der Waals surface area (Å²) >= 11 is 5.92. The fourth-order valence-electron chi connectivity index (χ4n) is 2.65. The molecule has 2 rings (SSSR count). The van der Waals surface area contributed by atoms with Crippen LogP contribution in [0.4, 0.5) is 0 Å². The Hall–Kier alpha value is -1.26. The summed E-state index contributed by atoms with van der Waals surface area (Å²) in [7, 11) is 2.12. The van der Waals surface area contributed by atoms with Crippen molar-refractivity contribution < 1.29 is 5.21 Å². The van der Waals surface area contributed by atoms with Gasteiger partial charge in [-0.25, -0.2) is 0 Å². The van der Waals surface area contributed by atoms with Gasteiger partial charge in [0.1, 0.15) is 5.84 Å². The second-order valence-electron chi connectivity index (χ2n) is 5.91. The monoisotopic (exact) mass is 295 g/mol. The van der Waals surface area contributed by atoms with Gasteiger partial charge in [-0.15, -0.1) is 0 Å². The van der Waals surface area contributed by atoms with E-state index in [0.29, 0.717) is 18.3 Å². The van der Waals surface area contributed by atoms with Gasteiger partial charge >= 0.3 is 0 Å². The van der Waals surface area contributed by atoms with E-state index in [-0.39, 0.29) is 5.41 Å². The van der Waals surface area contributed by atoms with E-state index in [1.165, 1.54) is 5.56 Å². The Balaban J connectivity index is 1.97. The highest BCUT2D eigenvalue weighted by molar-refractivity contribution is 6.30. The largest absolute Gasteiger partial charge is 0.409 e. The number of hydrogen-bond acceptors (Lipinski definition) is 3. The molecule has 1 aromatic rings. The maximum atomic E-state index is 8.71. The minimum atomic E-state index is 0.186. The lowest BCUT2D eigenvalue weighted by molar-refractivity contribution is 0.210. The minimum Gasteiger partial charge on any atom is -0.409 e. The van der Waals surface area contributed by atoms with Gasteiger partial charge in [-0.05, 0) is 49.9 Å². The lowest BCUT2D eigenvalue weighted by Gasteiger charge is -2.29. The molecule has 0 amide bonds. The summed E-state index contributed by atoms with van der Waals surface area (Å²) in [5.41, 5.74) is 7.08. The highest BCUT2D eigenvalue weighted by Crippen LogP contribution is 2.49. The highest BCUT2D eigenvalue weighted by atomic mass is 35.5. The van der Waals surface area contributed by atoms with Crippen LogP contribution in [0.15, 0.2) is 29.4 Å². The summed E-state index contributed by atoms with van der Waals surface area (Å²) in [5.74, 6) is 0.329. The molecule has 0 aromatic heterocycles. The predicted molar refractivity (Wildman–Crippen MR) is 82.2 cm³/mol. The molecule has 0 bridgehead atoms. The Bertz CT molecular complexity index is 482. The fraction of sp³-hybridized carbons (Fsp3) is 0.533. The molecule has 5 heteroatoms. The number of halogens is 1. The van der Waals surface area contributed by atoms with Crippen LogP contribution in [-0.2, 0) is 0 Å². The molecule has 0 heterocycles. The smallest absolute Gasteiger partial charge is 0.139 e. The molecule has 1 saturated carbocycles. The fourth-order valence-corrected chi connectivity index (χ4v) is 2.77. The number of rotatable bonds is 6. The molecule has 0 aliphatic heterocycles. The van der Waals surface area contributed by atoms with Crippen LogP contribution in [0.3, 0.4) is 0 Å². The van der Waals surface area contributed by atoms with Crippen LogP contribution in [0.5, 0.6) is 0 Å². The van der Waals surface area contributed by atoms with Gasteiger partial charge < -0.3 is 10.9 Å². The number of nitrogens with zero attached hydrogens (tertiary/aromatic N) is 2. The van der Waals surface area contributed by atoms with Crippen LogP contribution in [-0.4, -0.2) is 29.5 Å². The normalized spacial score (nSPS) is 19.1. The molecule has 4 nitrogen and oxygen atoms in total. The Morgan fingerprint density at radius 2 is 2.05 bits per heavy atom. The van der Waals surface area contributed by atoms with Crippen molar-refractivity contribution >= 4 is 17.4 Å². The Morgan fingerprint density at radius 1 is 1.45 bits per heavy atom. The first-order valence-electron chi connectivity index (χ1n) is 6.88. The van der Waals surface area contributed by atoms with Gasteiger partial charge in [-0.3, -0.25) is 4.90 Å². The third-order valence-electron chi connectivity index (χ3n) is 4.24. The third-order valence-corrected chi connectivity index (χ3v) is 4.49. The van der Waals surface area contributed by atoms with E-state index in [1.54, 1.807) is 0 Å². The van der Waals surface area contributed by atoms with Crippen molar-refractivity contribution in [2.75, 3.05) is 13.6 Å². The Kier molecular flexibility index (Phi) is 4.55. The first-order valence-corrected chi connectivity index (χ1v) is 7.26. The van der Waals surface area contributed by atoms with E-state index in [4.69, 9.17) is 22.5 Å². The summed E-state index contributed by atoms with van der Waals surface area (Å²) in [6.07, 6.45) is 2.95. The van der Waals surface area contributed by atoms with Crippen molar-refractivity contribution in [2.24, 2.45) is 16.3 Å². The van der Waals surface area contributed by atoms with Gasteiger partial charge in [0.25, 0.3) is 0 Å². The summed E-state index contributed by atoms with van der Waals surface area (Å²) in [4.78, 5) is 2.32. The average Bonchev–Trinajstić information content (AvgIpc) is 3.17. The van der Waals surface area contributed by atoms with Crippen LogP contribution < -0.4 is 5.73 Å². The van der Waals surface area contributed by atoms with Crippen molar-refractivity contribution in [3.63, 3.8) is 0 Å². The molecule has 1 fully saturated rings. The van der Waals surface area contributed by atoms with Crippen LogP contribution in [0.2, 0.25) is 5.02 Å². The van der Waals surface area contributed by atoms with Crippen molar-refractivity contribution in [3.05, 3.63) is 34.9 Å². The van der Waals surface area contributed by atoms with E-state index in [9.17, 15) is 0 Å². The number of amidine groups is 1. The lowest BCUT2D eigenvalue weighted by Crippen LogP contribution is -2.32. The van der Waals surface area contributed by atoms with Gasteiger partial charge in [0.15, 0.2) is 0 Å². The summed E-state index contributed by atoms with van der Waals surface area (Å²) in [6.45, 7) is 3.13. The Morgan fingerprint density at radius 3 is 2.55 bits per heavy atom. The first kappa shape index (κ1) is 15.1. The highest BCUT2D eigenvalue weighted by Gasteiger charge is 2.44. The van der Waals surface area contributed by atoms with Crippen molar-refractivity contribution in [3.8, 4) is 0 Å². The zero-order valence-electron chi connectivity index (χ0n) is 12.0. The molecule has 1 aliphatic rings. The molecule has 1 unspecified atom stereocenters. The number of nitrogens with two attached hydrogens (primary N) is 1. The number of oxime groups is 1. The predicted octanol–water partition coefficient (Wildman–Crippen LogP) is 3.25. The summed E-state index contributed by atoms with van der Waals surface area (Å²) in [5, 5.41) is 12.6. The van der Waals surface area contributed by atoms with Crippen LogP contribution in [0.1, 0.15) is 37.8 Å². The molecule has 3 N–H and O–H groups in total. The second-order valence-corrected chi connectivity index (χ2v) is 6.35. The van der Waals surface area contributed by atoms with E-state index in [1.807, 2.05) is 12.1 Å². The third kappa shape index (κ3) is 3.64. The van der Waals surface area contributed by atoms with Gasteiger partial charge in [0, 0.05) is 24.0 Å². The van der Waals surface area contributed by atoms with E-state index < -0.39 is 0 Å². The van der Waals surface area contributed by atoms with E-state index in [2.05, 4.69) is 36.2 Å². The molecule has 0 radical (unpaired) electrons. The van der Waals surface area contributed by atoms with Crippen LogP contribution >= 0.6 is 11.6 Å². The van der Waals surface area contributed by atoms with Crippen molar-refractivity contribution in [1.29, 1.82) is 0 Å². The van der Waals surface area contributed by atoms with Crippen LogP contribution in [0.25, 0.3) is 0 Å². The maximum absolute atomic E-state index is 8.71. The molecular weight excluding hydrogens is 274 g/mol. The minimum absolute atomic E-state index is 0.186. The van der Waals surface area contributed by atoms with Gasteiger partial charge in [-0.2, -0.15) is 0 Å². The lowest BCUT2D eigenvalue weighted by atomic mass is 9.99. The SMILES string of the molecule is CC(c1ccc(Cl)cc1)N(C)CC1(CC(N)=NO)CC1. The quantitative estimate of drug-likeness (QED) is 0.366. The molecule has 1 aromatic carbocycles. The van der Waals surface area contributed by atoms with Crippen molar-refractivity contribution in [2.45, 2.75) is 32.2 Å². The number of benzene rings is 1. The van der Waals surface area contributed by atoms with Crippen molar-refractivity contribution in [1.82, 2.24) is 4.90 Å². The van der Waals surface area contributed by atoms with Gasteiger partial charge in [0.2, 0.25) is 0 Å². The molecule has 20 heavy (non-hydrogen) atoms. The zero-order valence-corrected chi connectivity index (χ0v) is 12.8. The molecule has 0 saturated heterocycles. The Labute approximate surface area is 125 Å². The zero-order chi connectivity index (χ0) is 14.8. The maximum Gasteiger partial charge on any atom is 0.139 e. The summed E-state index contributed by atoms with van der Waals surface area (Å²) in [6, 6.07) is 8.28. The first-order chi connectivity index (χ1) is 9.46. The topological polar surface area (TPSA) is 61.8 Å². The molecular formula is C15H22ClN3O. The van der Waals surface area contributed by atoms with Crippen LogP contribution in [0, 0.1) is 5.41 Å². The average molecular weight is 296 g/mol. The van der Waals surface area contributed by atoms with E-state index >= 15 is 0 Å². The van der Waals surface area contributed by atoms with E-state index in [0.717, 1.165) is 24.4 Å².